The number of aryl methyl sites for hydroxylation is 1. The van der Waals surface area contributed by atoms with E-state index in [0.29, 0.717) is 11.3 Å². The van der Waals surface area contributed by atoms with Crippen LogP contribution in [0.3, 0.4) is 0 Å². The Morgan fingerprint density at radius 3 is 2.34 bits per heavy atom. The van der Waals surface area contributed by atoms with Crippen LogP contribution in [0.2, 0.25) is 10.0 Å². The third-order valence-corrected chi connectivity index (χ3v) is 7.48. The molecule has 6 nitrogen and oxygen atoms in total. The molecule has 0 aliphatic carbocycles. The van der Waals surface area contributed by atoms with Crippen molar-refractivity contribution in [1.29, 1.82) is 0 Å². The molecule has 5 rings (SSSR count). The molecule has 1 fully saturated rings. The molecule has 0 bridgehead atoms. The summed E-state index contributed by atoms with van der Waals surface area (Å²) >= 11 is 16.3. The number of ether oxygens (including phenoxy) is 1. The molecule has 0 unspecified atom stereocenters. The van der Waals surface area contributed by atoms with Crippen molar-refractivity contribution in [3.8, 4) is 5.75 Å². The van der Waals surface area contributed by atoms with Gasteiger partial charge in [0.25, 0.3) is 11.8 Å². The first kappa shape index (κ1) is 26.0. The Kier molecular flexibility index (Phi) is 7.25. The Balaban J connectivity index is 1.40. The predicted molar refractivity (Wildman–Crippen MR) is 153 cm³/mol. The van der Waals surface area contributed by atoms with Gasteiger partial charge in [-0.15, -0.1) is 0 Å². The quantitative estimate of drug-likeness (QED) is 0.188. The van der Waals surface area contributed by atoms with Gasteiger partial charge >= 0.3 is 6.03 Å². The van der Waals surface area contributed by atoms with Gasteiger partial charge in [-0.05, 0) is 76.9 Å². The average Bonchev–Trinajstić information content (AvgIpc) is 2.88. The van der Waals surface area contributed by atoms with Gasteiger partial charge < -0.3 is 4.74 Å². The fourth-order valence-corrected chi connectivity index (χ4v) is 4.97. The Morgan fingerprint density at radius 1 is 0.921 bits per heavy atom. The molecule has 1 aliphatic rings. The number of hydrogen-bond acceptors (Lipinski definition) is 4. The fraction of sp³-hybridized carbons (Fsp3) is 0.0690. The molecule has 4 aromatic rings. The van der Waals surface area contributed by atoms with Gasteiger partial charge in [-0.3, -0.25) is 14.9 Å². The Bertz CT molecular complexity index is 1640. The number of anilines is 1. The van der Waals surface area contributed by atoms with E-state index in [-0.39, 0.29) is 28.0 Å². The van der Waals surface area contributed by atoms with Gasteiger partial charge in [-0.25, -0.2) is 9.69 Å². The van der Waals surface area contributed by atoms with Gasteiger partial charge in [0, 0.05) is 4.47 Å². The van der Waals surface area contributed by atoms with Crippen LogP contribution in [0, 0.1) is 6.92 Å². The first-order chi connectivity index (χ1) is 18.2. The van der Waals surface area contributed by atoms with Crippen molar-refractivity contribution >= 4 is 79.5 Å². The van der Waals surface area contributed by atoms with Crippen LogP contribution in [0.25, 0.3) is 16.8 Å². The van der Waals surface area contributed by atoms with Crippen LogP contribution >= 0.6 is 39.1 Å². The highest BCUT2D eigenvalue weighted by Gasteiger charge is 2.37. The Hall–Kier alpha value is -3.65. The Morgan fingerprint density at radius 2 is 1.63 bits per heavy atom. The summed E-state index contributed by atoms with van der Waals surface area (Å²) in [7, 11) is 0. The van der Waals surface area contributed by atoms with Crippen molar-refractivity contribution in [1.82, 2.24) is 5.32 Å². The molecule has 4 amide bonds. The minimum atomic E-state index is -0.827. The molecule has 0 atom stereocenters. The zero-order chi connectivity index (χ0) is 27.0. The number of fused-ring (bicyclic) bond motifs is 1. The normalized spacial score (nSPS) is 14.8. The highest BCUT2D eigenvalue weighted by molar-refractivity contribution is 9.10. The molecule has 0 radical (unpaired) electrons. The molecule has 1 N–H and O–H groups in total. The largest absolute Gasteiger partial charge is 0.486 e. The maximum Gasteiger partial charge on any atom is 0.335 e. The van der Waals surface area contributed by atoms with Crippen molar-refractivity contribution in [2.75, 3.05) is 4.90 Å². The number of carbonyl (C=O) groups excluding carboxylic acids is 3. The smallest absolute Gasteiger partial charge is 0.335 e. The Labute approximate surface area is 236 Å². The SMILES string of the molecule is Cc1cc(N2C(=O)NC(=O)/C(=C\c3cc(Cl)c(OCc4ccc5ccccc5c4)c(Cl)c3)C2=O)ccc1Br. The molecule has 1 saturated heterocycles. The standard InChI is InChI=1S/C29H19BrCl2N2O4/c1-16-10-21(8-9-23(16)30)34-28(36)22(27(35)33-29(34)37)12-18-13-24(31)26(25(32)14-18)38-15-17-6-7-19-4-2-3-5-20(19)11-17/h2-14H,15H2,1H3,(H,33,35,37)/b22-12+. The summed E-state index contributed by atoms with van der Waals surface area (Å²) in [6.07, 6.45) is 1.34. The molecule has 0 aromatic heterocycles. The lowest BCUT2D eigenvalue weighted by atomic mass is 10.1. The number of hydrogen-bond donors (Lipinski definition) is 1. The topological polar surface area (TPSA) is 75.7 Å². The molecule has 1 heterocycles. The van der Waals surface area contributed by atoms with Gasteiger partial charge in [0.2, 0.25) is 0 Å². The van der Waals surface area contributed by atoms with Gasteiger partial charge in [0.1, 0.15) is 12.2 Å². The highest BCUT2D eigenvalue weighted by Crippen LogP contribution is 2.36. The van der Waals surface area contributed by atoms with E-state index in [0.717, 1.165) is 31.3 Å². The van der Waals surface area contributed by atoms with Crippen LogP contribution < -0.4 is 15.0 Å². The third kappa shape index (κ3) is 5.18. The first-order valence-corrected chi connectivity index (χ1v) is 13.0. The second kappa shape index (κ2) is 10.6. The maximum absolute atomic E-state index is 13.2. The van der Waals surface area contributed by atoms with Crippen LogP contribution in [-0.2, 0) is 16.2 Å². The van der Waals surface area contributed by atoms with E-state index < -0.39 is 17.8 Å². The van der Waals surface area contributed by atoms with Crippen LogP contribution in [0.1, 0.15) is 16.7 Å². The zero-order valence-corrected chi connectivity index (χ0v) is 23.0. The minimum absolute atomic E-state index is 0.213. The van der Waals surface area contributed by atoms with E-state index in [1.165, 1.54) is 6.08 Å². The summed E-state index contributed by atoms with van der Waals surface area (Å²) in [4.78, 5) is 39.2. The second-order valence-corrected chi connectivity index (χ2v) is 10.3. The van der Waals surface area contributed by atoms with E-state index in [9.17, 15) is 14.4 Å². The minimum Gasteiger partial charge on any atom is -0.486 e. The van der Waals surface area contributed by atoms with Crippen LogP contribution in [0.4, 0.5) is 10.5 Å². The number of urea groups is 1. The lowest BCUT2D eigenvalue weighted by molar-refractivity contribution is -0.122. The number of halogens is 3. The highest BCUT2D eigenvalue weighted by atomic mass is 79.9. The lowest BCUT2D eigenvalue weighted by Crippen LogP contribution is -2.54. The van der Waals surface area contributed by atoms with E-state index in [2.05, 4.69) is 21.2 Å². The molecule has 4 aromatic carbocycles. The number of amides is 4. The average molecular weight is 610 g/mol. The van der Waals surface area contributed by atoms with Crippen molar-refractivity contribution in [2.24, 2.45) is 0 Å². The van der Waals surface area contributed by atoms with Crippen LogP contribution in [-0.4, -0.2) is 17.8 Å². The molecular weight excluding hydrogens is 591 g/mol. The van der Waals surface area contributed by atoms with Gasteiger partial charge in [0.15, 0.2) is 5.75 Å². The summed E-state index contributed by atoms with van der Waals surface area (Å²) in [5.41, 5.74) is 2.27. The van der Waals surface area contributed by atoms with E-state index >= 15 is 0 Å². The monoisotopic (exact) mass is 608 g/mol. The van der Waals surface area contributed by atoms with Gasteiger partial charge in [0.05, 0.1) is 15.7 Å². The van der Waals surface area contributed by atoms with Crippen molar-refractivity contribution in [2.45, 2.75) is 13.5 Å². The molecule has 0 saturated carbocycles. The maximum atomic E-state index is 13.2. The summed E-state index contributed by atoms with van der Waals surface area (Å²) in [6.45, 7) is 2.07. The summed E-state index contributed by atoms with van der Waals surface area (Å²) in [5, 5.41) is 4.86. The van der Waals surface area contributed by atoms with Crippen molar-refractivity contribution in [3.05, 3.63) is 110 Å². The van der Waals surface area contributed by atoms with E-state index in [1.54, 1.807) is 30.3 Å². The van der Waals surface area contributed by atoms with E-state index in [4.69, 9.17) is 27.9 Å². The predicted octanol–water partition coefficient (Wildman–Crippen LogP) is 7.46. The number of carbonyl (C=O) groups is 3. The number of imide groups is 2. The molecule has 0 spiro atoms. The number of rotatable bonds is 5. The first-order valence-electron chi connectivity index (χ1n) is 11.5. The van der Waals surface area contributed by atoms with Crippen molar-refractivity contribution in [3.63, 3.8) is 0 Å². The number of nitrogens with one attached hydrogen (secondary N) is 1. The summed E-state index contributed by atoms with van der Waals surface area (Å²) < 4.78 is 6.74. The van der Waals surface area contributed by atoms with Gasteiger partial charge in [-0.1, -0.05) is 75.5 Å². The van der Waals surface area contributed by atoms with Crippen LogP contribution in [0.15, 0.2) is 82.8 Å². The number of benzene rings is 4. The molecule has 38 heavy (non-hydrogen) atoms. The number of nitrogens with zero attached hydrogens (tertiary/aromatic N) is 1. The van der Waals surface area contributed by atoms with E-state index in [1.807, 2.05) is 49.4 Å². The molecular formula is C29H19BrCl2N2O4. The summed E-state index contributed by atoms with van der Waals surface area (Å²) in [5.74, 6) is -1.29. The van der Waals surface area contributed by atoms with Gasteiger partial charge in [-0.2, -0.15) is 0 Å². The summed E-state index contributed by atoms with van der Waals surface area (Å²) in [6, 6.07) is 21.3. The molecule has 9 heteroatoms. The fourth-order valence-electron chi connectivity index (χ4n) is 4.11. The molecule has 190 valence electrons. The van der Waals surface area contributed by atoms with Crippen LogP contribution in [0.5, 0.6) is 5.75 Å². The second-order valence-electron chi connectivity index (χ2n) is 8.68. The van der Waals surface area contributed by atoms with Crippen molar-refractivity contribution < 1.29 is 19.1 Å². The number of barbiturate groups is 1. The lowest BCUT2D eigenvalue weighted by Gasteiger charge is -2.26. The zero-order valence-electron chi connectivity index (χ0n) is 19.9. The third-order valence-electron chi connectivity index (χ3n) is 6.03. The molecule has 1 aliphatic heterocycles.